The number of hydrogen-bond acceptors (Lipinski definition) is 2. The van der Waals surface area contributed by atoms with Crippen molar-refractivity contribution in [2.75, 3.05) is 6.61 Å². The maximum atomic E-state index is 9.98. The van der Waals surface area contributed by atoms with Crippen molar-refractivity contribution in [1.82, 2.24) is 5.32 Å². The van der Waals surface area contributed by atoms with Crippen LogP contribution in [0.4, 0.5) is 0 Å². The van der Waals surface area contributed by atoms with E-state index in [1.54, 1.807) is 0 Å². The molecule has 1 saturated carbocycles. The first-order valence-corrected chi connectivity index (χ1v) is 9.43. The largest absolute Gasteiger partial charge is 0.394 e. The van der Waals surface area contributed by atoms with Gasteiger partial charge >= 0.3 is 0 Å². The molecular weight excluding hydrogens is 282 g/mol. The molecule has 2 aliphatic carbocycles. The van der Waals surface area contributed by atoms with Crippen LogP contribution in [0.15, 0.2) is 18.2 Å². The molecule has 1 unspecified atom stereocenters. The average molecular weight is 316 g/mol. The van der Waals surface area contributed by atoms with Gasteiger partial charge in [-0.2, -0.15) is 0 Å². The lowest BCUT2D eigenvalue weighted by atomic mass is 9.76. The second-order valence-electron chi connectivity index (χ2n) is 8.64. The van der Waals surface area contributed by atoms with E-state index in [9.17, 15) is 5.11 Å². The van der Waals surface area contributed by atoms with Gasteiger partial charge in [-0.3, -0.25) is 0 Å². The van der Waals surface area contributed by atoms with Gasteiger partial charge in [-0.25, -0.2) is 0 Å². The maximum absolute atomic E-state index is 9.98. The molecule has 0 spiro atoms. The minimum Gasteiger partial charge on any atom is -0.394 e. The second kappa shape index (κ2) is 6.57. The first-order valence-electron chi connectivity index (χ1n) is 9.43. The van der Waals surface area contributed by atoms with Crippen molar-refractivity contribution in [3.63, 3.8) is 0 Å². The summed E-state index contributed by atoms with van der Waals surface area (Å²) >= 11 is 0. The van der Waals surface area contributed by atoms with Gasteiger partial charge in [0.05, 0.1) is 6.61 Å². The highest BCUT2D eigenvalue weighted by molar-refractivity contribution is 5.41. The maximum Gasteiger partial charge on any atom is 0.0613 e. The van der Waals surface area contributed by atoms with Crippen molar-refractivity contribution in [3.05, 3.63) is 34.9 Å². The summed E-state index contributed by atoms with van der Waals surface area (Å²) in [6, 6.07) is 6.99. The van der Waals surface area contributed by atoms with Crippen LogP contribution in [0.25, 0.3) is 0 Å². The molecule has 0 radical (unpaired) electrons. The highest BCUT2D eigenvalue weighted by atomic mass is 16.3. The molecule has 0 heterocycles. The number of nitrogens with one attached hydrogen (secondary N) is 1. The van der Waals surface area contributed by atoms with E-state index in [4.69, 9.17) is 0 Å². The van der Waals surface area contributed by atoms with Gasteiger partial charge in [-0.15, -0.1) is 0 Å². The van der Waals surface area contributed by atoms with E-state index in [0.29, 0.717) is 11.3 Å². The second-order valence-corrected chi connectivity index (χ2v) is 8.64. The number of hydrogen-bond donors (Lipinski definition) is 2. The topological polar surface area (TPSA) is 32.3 Å². The summed E-state index contributed by atoms with van der Waals surface area (Å²) in [6.07, 6.45) is 8.96. The Bertz CT molecular complexity index is 545. The summed E-state index contributed by atoms with van der Waals surface area (Å²) in [7, 11) is 0. The van der Waals surface area contributed by atoms with E-state index in [0.717, 1.165) is 6.54 Å². The Hall–Kier alpha value is -0.860. The predicted molar refractivity (Wildman–Crippen MR) is 96.7 cm³/mol. The van der Waals surface area contributed by atoms with E-state index in [2.05, 4.69) is 44.3 Å². The highest BCUT2D eigenvalue weighted by Gasteiger charge is 2.34. The molecule has 0 saturated heterocycles. The van der Waals surface area contributed by atoms with Gasteiger partial charge in [0.25, 0.3) is 0 Å². The van der Waals surface area contributed by atoms with Crippen LogP contribution >= 0.6 is 0 Å². The van der Waals surface area contributed by atoms with Gasteiger partial charge in [-0.1, -0.05) is 51.3 Å². The van der Waals surface area contributed by atoms with Crippen LogP contribution in [0.1, 0.15) is 76.0 Å². The number of rotatable bonds is 5. The normalized spacial score (nSPS) is 23.5. The first kappa shape index (κ1) is 17.0. The highest BCUT2D eigenvalue weighted by Crippen LogP contribution is 2.38. The van der Waals surface area contributed by atoms with Crippen molar-refractivity contribution >= 4 is 0 Å². The summed E-state index contributed by atoms with van der Waals surface area (Å²) in [5.74, 6) is 0.606. The Labute approximate surface area is 141 Å². The molecule has 0 aliphatic heterocycles. The molecule has 1 aromatic rings. The van der Waals surface area contributed by atoms with E-state index in [1.807, 2.05) is 0 Å². The molecule has 3 rings (SSSR count). The van der Waals surface area contributed by atoms with E-state index in [1.165, 1.54) is 61.6 Å². The smallest absolute Gasteiger partial charge is 0.0613 e. The van der Waals surface area contributed by atoms with E-state index < -0.39 is 0 Å². The van der Waals surface area contributed by atoms with Gasteiger partial charge in [0.2, 0.25) is 0 Å². The summed E-state index contributed by atoms with van der Waals surface area (Å²) in [5.41, 5.74) is 4.61. The van der Waals surface area contributed by atoms with Crippen LogP contribution in [0.3, 0.4) is 0 Å². The number of benzene rings is 1. The lowest BCUT2D eigenvalue weighted by Gasteiger charge is -2.39. The third-order valence-corrected chi connectivity index (χ3v) is 6.45. The van der Waals surface area contributed by atoms with Crippen molar-refractivity contribution < 1.29 is 5.11 Å². The fourth-order valence-corrected chi connectivity index (χ4v) is 4.58. The Morgan fingerprint density at radius 2 is 1.96 bits per heavy atom. The molecule has 1 atom stereocenters. The van der Waals surface area contributed by atoms with Crippen molar-refractivity contribution in [1.29, 1.82) is 0 Å². The van der Waals surface area contributed by atoms with Gasteiger partial charge < -0.3 is 10.4 Å². The Balaban J connectivity index is 1.67. The van der Waals surface area contributed by atoms with Crippen molar-refractivity contribution in [2.24, 2.45) is 5.92 Å². The molecule has 0 bridgehead atoms. The number of fused-ring (bicyclic) bond motifs is 1. The third kappa shape index (κ3) is 3.49. The number of aliphatic hydroxyl groups excluding tert-OH is 1. The minimum absolute atomic E-state index is 0.140. The Morgan fingerprint density at radius 3 is 2.65 bits per heavy atom. The van der Waals surface area contributed by atoms with E-state index >= 15 is 0 Å². The Kier molecular flexibility index (Phi) is 4.85. The zero-order valence-corrected chi connectivity index (χ0v) is 15.1. The fraction of sp³-hybridized carbons (Fsp3) is 0.714. The molecule has 2 heteroatoms. The summed E-state index contributed by atoms with van der Waals surface area (Å²) in [4.78, 5) is 0. The zero-order valence-electron chi connectivity index (χ0n) is 15.1. The van der Waals surface area contributed by atoms with Crippen LogP contribution in [0.2, 0.25) is 0 Å². The quantitative estimate of drug-likeness (QED) is 0.847. The van der Waals surface area contributed by atoms with Crippen LogP contribution in [-0.4, -0.2) is 17.3 Å². The SMILES string of the molecule is CC1(C)CCc2cc(CNC(C)(CO)C3CCCCC3)ccc21. The van der Waals surface area contributed by atoms with E-state index in [-0.39, 0.29) is 12.1 Å². The van der Waals surface area contributed by atoms with Crippen molar-refractivity contribution in [2.45, 2.75) is 83.2 Å². The van der Waals surface area contributed by atoms with Gasteiger partial charge in [0, 0.05) is 12.1 Å². The lowest BCUT2D eigenvalue weighted by Crippen LogP contribution is -2.52. The standard InChI is InChI=1S/C21H33NO/c1-20(2)12-11-17-13-16(9-10-19(17)20)14-22-21(3,15-23)18-7-5-4-6-8-18/h9-10,13,18,22-23H,4-8,11-12,14-15H2,1-3H3. The van der Waals surface area contributed by atoms with Crippen LogP contribution in [0, 0.1) is 5.92 Å². The molecule has 2 N–H and O–H groups in total. The van der Waals surface area contributed by atoms with Crippen LogP contribution in [-0.2, 0) is 18.4 Å². The average Bonchev–Trinajstić information content (AvgIpc) is 2.88. The summed E-state index contributed by atoms with van der Waals surface area (Å²) in [5, 5.41) is 13.7. The summed E-state index contributed by atoms with van der Waals surface area (Å²) in [6.45, 7) is 8.00. The monoisotopic (exact) mass is 315 g/mol. The molecule has 0 amide bonds. The molecule has 1 fully saturated rings. The summed E-state index contributed by atoms with van der Waals surface area (Å²) < 4.78 is 0. The zero-order chi connectivity index (χ0) is 16.5. The first-order chi connectivity index (χ1) is 10.9. The van der Waals surface area contributed by atoms with Gasteiger partial charge in [-0.05, 0) is 60.6 Å². The molecule has 1 aromatic carbocycles. The van der Waals surface area contributed by atoms with Gasteiger partial charge in [0.15, 0.2) is 0 Å². The molecule has 23 heavy (non-hydrogen) atoms. The number of aliphatic hydroxyl groups is 1. The lowest BCUT2D eigenvalue weighted by molar-refractivity contribution is 0.0937. The predicted octanol–water partition coefficient (Wildman–Crippen LogP) is 4.33. The minimum atomic E-state index is -0.140. The molecule has 128 valence electrons. The Morgan fingerprint density at radius 1 is 1.22 bits per heavy atom. The van der Waals surface area contributed by atoms with Gasteiger partial charge in [0.1, 0.15) is 0 Å². The van der Waals surface area contributed by atoms with Crippen molar-refractivity contribution in [3.8, 4) is 0 Å². The fourth-order valence-electron chi connectivity index (χ4n) is 4.58. The molecule has 2 nitrogen and oxygen atoms in total. The molecule has 0 aromatic heterocycles. The molecule has 2 aliphatic rings. The van der Waals surface area contributed by atoms with Crippen LogP contribution in [0.5, 0.6) is 0 Å². The molecular formula is C21H33NO. The number of aryl methyl sites for hydroxylation is 1. The third-order valence-electron chi connectivity index (χ3n) is 6.45. The van der Waals surface area contributed by atoms with Crippen LogP contribution < -0.4 is 5.32 Å².